The fourth-order valence-electron chi connectivity index (χ4n) is 1.46. The summed E-state index contributed by atoms with van der Waals surface area (Å²) in [6.07, 6.45) is -2.81. The molecule has 0 unspecified atom stereocenters. The van der Waals surface area contributed by atoms with Crippen LogP contribution in [0.4, 0.5) is 27.6 Å². The molecule has 9 heteroatoms. The van der Waals surface area contributed by atoms with Crippen LogP contribution in [0.5, 0.6) is 0 Å². The molecule has 0 fully saturated rings. The molecule has 0 aliphatic heterocycles. The van der Waals surface area contributed by atoms with Gasteiger partial charge < -0.3 is 5.32 Å². The molecule has 1 amide bonds. The van der Waals surface area contributed by atoms with Gasteiger partial charge in [-0.05, 0) is 30.3 Å². The number of aromatic nitrogens is 2. The molecule has 0 spiro atoms. The number of nitrogens with zero attached hydrogens (tertiary/aromatic N) is 2. The van der Waals surface area contributed by atoms with Crippen LogP contribution in [-0.2, 0) is 4.79 Å². The number of amides is 1. The van der Waals surface area contributed by atoms with E-state index in [-0.39, 0.29) is 5.69 Å². The third-order valence-corrected chi connectivity index (χ3v) is 2.54. The summed E-state index contributed by atoms with van der Waals surface area (Å²) in [6, 6.07) is 6.87. The number of halogens is 5. The highest BCUT2D eigenvalue weighted by Gasteiger charge is 2.63. The number of rotatable bonds is 3. The van der Waals surface area contributed by atoms with E-state index in [2.05, 4.69) is 5.10 Å². The van der Waals surface area contributed by atoms with Gasteiger partial charge in [0.1, 0.15) is 0 Å². The van der Waals surface area contributed by atoms with Crippen LogP contribution >= 0.6 is 0 Å². The molecule has 2 aromatic rings. The smallest absolute Gasteiger partial charge is 0.321 e. The number of carbonyl (C=O) groups excluding carboxylic acids is 1. The SMILES string of the molecule is O=C(Nc1ccc(-n2cccn2)cc1)C(F)(F)C(F)(F)F. The van der Waals surface area contributed by atoms with Gasteiger partial charge in [-0.2, -0.15) is 27.1 Å². The second-order valence-corrected chi connectivity index (χ2v) is 4.02. The van der Waals surface area contributed by atoms with Crippen LogP contribution in [0.15, 0.2) is 42.7 Å². The quantitative estimate of drug-likeness (QED) is 0.886. The Bertz CT molecular complexity index is 619. The van der Waals surface area contributed by atoms with Gasteiger partial charge in [0.25, 0.3) is 0 Å². The number of benzene rings is 1. The average Bonchev–Trinajstić information content (AvgIpc) is 2.92. The summed E-state index contributed by atoms with van der Waals surface area (Å²) in [5.41, 5.74) is 0.375. The summed E-state index contributed by atoms with van der Waals surface area (Å²) in [7, 11) is 0. The van der Waals surface area contributed by atoms with Crippen LogP contribution in [0.2, 0.25) is 0 Å². The molecule has 1 N–H and O–H groups in total. The van der Waals surface area contributed by atoms with Gasteiger partial charge in [-0.15, -0.1) is 0 Å². The highest BCUT2D eigenvalue weighted by molar-refractivity contribution is 5.96. The molecule has 1 aromatic carbocycles. The van der Waals surface area contributed by atoms with Crippen molar-refractivity contribution in [1.82, 2.24) is 9.78 Å². The van der Waals surface area contributed by atoms with E-state index >= 15 is 0 Å². The normalized spacial score (nSPS) is 12.2. The number of hydrogen-bond donors (Lipinski definition) is 1. The Labute approximate surface area is 115 Å². The van der Waals surface area contributed by atoms with Crippen molar-refractivity contribution >= 4 is 11.6 Å². The van der Waals surface area contributed by atoms with Crippen molar-refractivity contribution in [3.8, 4) is 5.69 Å². The van der Waals surface area contributed by atoms with E-state index in [4.69, 9.17) is 0 Å². The zero-order valence-electron chi connectivity index (χ0n) is 10.2. The van der Waals surface area contributed by atoms with E-state index < -0.39 is 18.0 Å². The van der Waals surface area contributed by atoms with Gasteiger partial charge in [-0.25, -0.2) is 4.68 Å². The summed E-state index contributed by atoms with van der Waals surface area (Å²) >= 11 is 0. The molecule has 1 heterocycles. The summed E-state index contributed by atoms with van der Waals surface area (Å²) in [5.74, 6) is -7.88. The van der Waals surface area contributed by atoms with Crippen molar-refractivity contribution in [2.24, 2.45) is 0 Å². The van der Waals surface area contributed by atoms with Gasteiger partial charge in [0.15, 0.2) is 0 Å². The molecule has 0 saturated carbocycles. The van der Waals surface area contributed by atoms with Crippen LogP contribution in [-0.4, -0.2) is 27.8 Å². The van der Waals surface area contributed by atoms with E-state index in [1.807, 2.05) is 0 Å². The fourth-order valence-corrected chi connectivity index (χ4v) is 1.46. The van der Waals surface area contributed by atoms with Gasteiger partial charge in [0.05, 0.1) is 5.69 Å². The zero-order chi connectivity index (χ0) is 15.7. The second-order valence-electron chi connectivity index (χ2n) is 4.02. The van der Waals surface area contributed by atoms with Gasteiger partial charge in [0, 0.05) is 18.1 Å². The molecular formula is C12H8F5N3O. The van der Waals surface area contributed by atoms with Crippen molar-refractivity contribution in [3.05, 3.63) is 42.7 Å². The van der Waals surface area contributed by atoms with E-state index in [1.54, 1.807) is 12.3 Å². The van der Waals surface area contributed by atoms with Crippen LogP contribution in [0, 0.1) is 0 Å². The second kappa shape index (κ2) is 5.15. The molecular weight excluding hydrogens is 297 g/mol. The van der Waals surface area contributed by atoms with Gasteiger partial charge in [-0.1, -0.05) is 0 Å². The number of anilines is 1. The minimum atomic E-state index is -5.94. The molecule has 112 valence electrons. The largest absolute Gasteiger partial charge is 0.463 e. The predicted molar refractivity (Wildman–Crippen MR) is 63.2 cm³/mol. The van der Waals surface area contributed by atoms with E-state index in [1.165, 1.54) is 40.5 Å². The standard InChI is InChI=1S/C12H8F5N3O/c13-11(14,12(15,16)17)10(21)19-8-2-4-9(5-3-8)20-7-1-6-18-20/h1-7H,(H,19,21). The molecule has 0 bridgehead atoms. The van der Waals surface area contributed by atoms with Crippen molar-refractivity contribution in [1.29, 1.82) is 0 Å². The minimum Gasteiger partial charge on any atom is -0.321 e. The lowest BCUT2D eigenvalue weighted by Gasteiger charge is -2.18. The molecule has 0 atom stereocenters. The number of nitrogens with one attached hydrogen (secondary N) is 1. The van der Waals surface area contributed by atoms with Crippen LogP contribution < -0.4 is 5.32 Å². The van der Waals surface area contributed by atoms with Crippen LogP contribution in [0.25, 0.3) is 5.69 Å². The summed E-state index contributed by atoms with van der Waals surface area (Å²) in [6.45, 7) is 0. The Morgan fingerprint density at radius 2 is 1.71 bits per heavy atom. The van der Waals surface area contributed by atoms with Gasteiger partial charge in [-0.3, -0.25) is 4.79 Å². The van der Waals surface area contributed by atoms with Crippen molar-refractivity contribution in [2.75, 3.05) is 5.32 Å². The number of alkyl halides is 5. The lowest BCUT2D eigenvalue weighted by Crippen LogP contribution is -2.47. The average molecular weight is 305 g/mol. The predicted octanol–water partition coefficient (Wildman–Crippen LogP) is 3.01. The maximum absolute atomic E-state index is 12.8. The first-order valence-corrected chi connectivity index (χ1v) is 5.58. The molecule has 1 aromatic heterocycles. The minimum absolute atomic E-state index is 0.181. The van der Waals surface area contributed by atoms with Crippen LogP contribution in [0.1, 0.15) is 0 Å². The molecule has 0 saturated heterocycles. The third kappa shape index (κ3) is 3.01. The maximum atomic E-state index is 12.8. The summed E-state index contributed by atoms with van der Waals surface area (Å²) in [4.78, 5) is 11.0. The molecule has 2 rings (SSSR count). The Kier molecular flexibility index (Phi) is 3.67. The van der Waals surface area contributed by atoms with Crippen LogP contribution in [0.3, 0.4) is 0 Å². The Morgan fingerprint density at radius 1 is 1.10 bits per heavy atom. The molecule has 21 heavy (non-hydrogen) atoms. The van der Waals surface area contributed by atoms with E-state index in [0.29, 0.717) is 5.69 Å². The Morgan fingerprint density at radius 3 is 2.19 bits per heavy atom. The Hall–Kier alpha value is -2.45. The molecule has 0 aliphatic carbocycles. The van der Waals surface area contributed by atoms with Gasteiger partial charge in [0.2, 0.25) is 0 Å². The lowest BCUT2D eigenvalue weighted by atomic mass is 10.2. The molecule has 0 radical (unpaired) electrons. The number of carbonyl (C=O) groups is 1. The van der Waals surface area contributed by atoms with Gasteiger partial charge >= 0.3 is 18.0 Å². The maximum Gasteiger partial charge on any atom is 0.463 e. The fraction of sp³-hybridized carbons (Fsp3) is 0.167. The topological polar surface area (TPSA) is 46.9 Å². The van der Waals surface area contributed by atoms with Crippen molar-refractivity contribution < 1.29 is 26.7 Å². The third-order valence-electron chi connectivity index (χ3n) is 2.54. The zero-order valence-corrected chi connectivity index (χ0v) is 10.2. The number of hydrogen-bond acceptors (Lipinski definition) is 2. The van der Waals surface area contributed by atoms with Crippen molar-refractivity contribution in [3.63, 3.8) is 0 Å². The molecule has 0 aliphatic rings. The summed E-state index contributed by atoms with van der Waals surface area (Å²) < 4.78 is 63.0. The highest BCUT2D eigenvalue weighted by Crippen LogP contribution is 2.36. The lowest BCUT2D eigenvalue weighted by molar-refractivity contribution is -0.267. The first-order chi connectivity index (χ1) is 9.72. The first kappa shape index (κ1) is 14.9. The summed E-state index contributed by atoms with van der Waals surface area (Å²) in [5, 5.41) is 5.43. The van der Waals surface area contributed by atoms with E-state index in [0.717, 1.165) is 0 Å². The monoisotopic (exact) mass is 305 g/mol. The molecule has 4 nitrogen and oxygen atoms in total. The van der Waals surface area contributed by atoms with Crippen molar-refractivity contribution in [2.45, 2.75) is 12.1 Å². The highest BCUT2D eigenvalue weighted by atomic mass is 19.4. The first-order valence-electron chi connectivity index (χ1n) is 5.58. The van der Waals surface area contributed by atoms with E-state index in [9.17, 15) is 26.7 Å². The Balaban J connectivity index is 2.12.